The number of aliphatic carboxylic acids is 1. The average Bonchev–Trinajstić information content (AvgIpc) is 3.07. The summed E-state index contributed by atoms with van der Waals surface area (Å²) >= 11 is 0. The highest BCUT2D eigenvalue weighted by Crippen LogP contribution is 2.23. The van der Waals surface area contributed by atoms with E-state index in [9.17, 15) is 26.3 Å². The first-order valence-electron chi connectivity index (χ1n) is 8.45. The summed E-state index contributed by atoms with van der Waals surface area (Å²) in [6, 6.07) is 5.60. The van der Waals surface area contributed by atoms with Crippen molar-refractivity contribution in [1.29, 1.82) is 0 Å². The van der Waals surface area contributed by atoms with Crippen LogP contribution < -0.4 is 5.32 Å². The van der Waals surface area contributed by atoms with Crippen LogP contribution in [0.1, 0.15) is 17.6 Å². The molecule has 30 heavy (non-hydrogen) atoms. The number of carboxylic acid groups (broad SMARTS) is 1. The van der Waals surface area contributed by atoms with Crippen molar-refractivity contribution in [1.82, 2.24) is 35.4 Å². The van der Waals surface area contributed by atoms with Crippen LogP contribution >= 0.6 is 0 Å². The molecule has 0 aliphatic carbocycles. The van der Waals surface area contributed by atoms with Crippen LogP contribution in [0.25, 0.3) is 0 Å². The second-order valence-electron chi connectivity index (χ2n) is 6.12. The molecule has 2 aromatic heterocycles. The number of halogens is 6. The third-order valence-corrected chi connectivity index (χ3v) is 3.91. The molecule has 2 aromatic rings. The monoisotopic (exact) mass is 441 g/mol. The lowest BCUT2D eigenvalue weighted by Crippen LogP contribution is -2.46. The van der Waals surface area contributed by atoms with Crippen LogP contribution in [0, 0.1) is 0 Å². The van der Waals surface area contributed by atoms with Crippen molar-refractivity contribution in [3.63, 3.8) is 0 Å². The molecule has 1 fully saturated rings. The first-order valence-corrected chi connectivity index (χ1v) is 8.45. The van der Waals surface area contributed by atoms with Gasteiger partial charge in [-0.25, -0.2) is 9.48 Å². The number of pyridine rings is 1. The molecular weight excluding hydrogens is 424 g/mol. The van der Waals surface area contributed by atoms with Gasteiger partial charge in [0.2, 0.25) is 0 Å². The number of hydrogen-bond acceptors (Lipinski definition) is 7. The largest absolute Gasteiger partial charge is 0.490 e. The SMILES string of the molecule is FC(F)(F)Cn1nnnc1CN1CCNCC1c1ccccn1.O=C(O)C(F)(F)F. The quantitative estimate of drug-likeness (QED) is 0.686. The molecule has 2 N–H and O–H groups in total. The van der Waals surface area contributed by atoms with Crippen LogP contribution in [0.15, 0.2) is 24.4 Å². The first kappa shape index (κ1) is 23.5. The van der Waals surface area contributed by atoms with Crippen molar-refractivity contribution in [3.05, 3.63) is 35.9 Å². The van der Waals surface area contributed by atoms with Crippen molar-refractivity contribution < 1.29 is 36.2 Å². The molecule has 0 saturated carbocycles. The fourth-order valence-electron chi connectivity index (χ4n) is 2.61. The summed E-state index contributed by atoms with van der Waals surface area (Å²) < 4.78 is 70.2. The number of rotatable bonds is 4. The maximum Gasteiger partial charge on any atom is 0.490 e. The smallest absolute Gasteiger partial charge is 0.475 e. The number of nitrogens with one attached hydrogen (secondary N) is 1. The lowest BCUT2D eigenvalue weighted by Gasteiger charge is -2.35. The Morgan fingerprint density at radius 3 is 2.50 bits per heavy atom. The van der Waals surface area contributed by atoms with Gasteiger partial charge in [0.1, 0.15) is 6.54 Å². The summed E-state index contributed by atoms with van der Waals surface area (Å²) in [5.74, 6) is -2.56. The van der Waals surface area contributed by atoms with Crippen molar-refractivity contribution in [2.45, 2.75) is 31.5 Å². The Hall–Kier alpha value is -2.81. The zero-order valence-corrected chi connectivity index (χ0v) is 15.2. The van der Waals surface area contributed by atoms with Crippen LogP contribution in [0.3, 0.4) is 0 Å². The fraction of sp³-hybridized carbons (Fsp3) is 0.533. The van der Waals surface area contributed by atoms with E-state index in [1.54, 1.807) is 6.20 Å². The van der Waals surface area contributed by atoms with E-state index in [2.05, 4.69) is 25.8 Å². The highest BCUT2D eigenvalue weighted by atomic mass is 19.4. The number of hydrogen-bond donors (Lipinski definition) is 2. The van der Waals surface area contributed by atoms with E-state index >= 15 is 0 Å². The minimum absolute atomic E-state index is 0.0269. The third-order valence-electron chi connectivity index (χ3n) is 3.91. The number of carboxylic acids is 1. The normalized spacial score (nSPS) is 17.9. The van der Waals surface area contributed by atoms with Gasteiger partial charge < -0.3 is 10.4 Å². The topological polar surface area (TPSA) is 109 Å². The highest BCUT2D eigenvalue weighted by Gasteiger charge is 2.38. The summed E-state index contributed by atoms with van der Waals surface area (Å²) in [6.07, 6.45) is -7.73. The molecule has 0 spiro atoms. The van der Waals surface area contributed by atoms with Crippen LogP contribution in [-0.4, -0.2) is 73.2 Å². The van der Waals surface area contributed by atoms with Crippen LogP contribution in [0.5, 0.6) is 0 Å². The Balaban J connectivity index is 0.000000396. The minimum atomic E-state index is -5.08. The van der Waals surface area contributed by atoms with E-state index in [4.69, 9.17) is 9.90 Å². The number of alkyl halides is 6. The zero-order chi connectivity index (χ0) is 22.4. The van der Waals surface area contributed by atoms with Gasteiger partial charge in [0.15, 0.2) is 5.82 Å². The first-order chi connectivity index (χ1) is 14.0. The fourth-order valence-corrected chi connectivity index (χ4v) is 2.61. The molecule has 1 saturated heterocycles. The molecule has 0 radical (unpaired) electrons. The average molecular weight is 441 g/mol. The summed E-state index contributed by atoms with van der Waals surface area (Å²) in [7, 11) is 0. The van der Waals surface area contributed by atoms with Gasteiger partial charge in [-0.3, -0.25) is 9.88 Å². The molecule has 0 aromatic carbocycles. The molecule has 1 aliphatic rings. The molecule has 0 bridgehead atoms. The van der Waals surface area contributed by atoms with Gasteiger partial charge in [0.05, 0.1) is 18.3 Å². The van der Waals surface area contributed by atoms with Crippen LogP contribution in [0.2, 0.25) is 0 Å². The van der Waals surface area contributed by atoms with Crippen LogP contribution in [0.4, 0.5) is 26.3 Å². The second-order valence-corrected chi connectivity index (χ2v) is 6.12. The minimum Gasteiger partial charge on any atom is -0.475 e. The molecule has 166 valence electrons. The molecule has 0 amide bonds. The molecule has 3 heterocycles. The number of carbonyl (C=O) groups is 1. The van der Waals surface area contributed by atoms with Crippen molar-refractivity contribution in [3.8, 4) is 0 Å². The lowest BCUT2D eigenvalue weighted by molar-refractivity contribution is -0.192. The van der Waals surface area contributed by atoms with Gasteiger partial charge in [-0.1, -0.05) is 6.07 Å². The summed E-state index contributed by atoms with van der Waals surface area (Å²) in [4.78, 5) is 15.3. The number of nitrogens with zero attached hydrogens (tertiary/aromatic N) is 6. The maximum atomic E-state index is 12.6. The summed E-state index contributed by atoms with van der Waals surface area (Å²) in [5.41, 5.74) is 0.870. The Kier molecular flexibility index (Phi) is 7.66. The van der Waals surface area contributed by atoms with Gasteiger partial charge in [-0.15, -0.1) is 5.10 Å². The lowest BCUT2D eigenvalue weighted by atomic mass is 10.1. The van der Waals surface area contributed by atoms with Gasteiger partial charge in [-0.2, -0.15) is 26.3 Å². The van der Waals surface area contributed by atoms with Gasteiger partial charge in [-0.05, 0) is 22.6 Å². The summed E-state index contributed by atoms with van der Waals surface area (Å²) in [6.45, 7) is 1.17. The molecule has 1 aliphatic heterocycles. The molecule has 1 unspecified atom stereocenters. The number of tetrazole rings is 1. The van der Waals surface area contributed by atoms with Gasteiger partial charge in [0.25, 0.3) is 0 Å². The van der Waals surface area contributed by atoms with E-state index in [0.29, 0.717) is 13.1 Å². The van der Waals surface area contributed by atoms with Gasteiger partial charge >= 0.3 is 18.3 Å². The van der Waals surface area contributed by atoms with Crippen molar-refractivity contribution in [2.24, 2.45) is 0 Å². The Labute approximate surface area is 165 Å². The molecule has 1 atom stereocenters. The Bertz CT molecular complexity index is 812. The van der Waals surface area contributed by atoms with E-state index in [1.807, 2.05) is 23.1 Å². The Morgan fingerprint density at radius 2 is 1.93 bits per heavy atom. The predicted molar refractivity (Wildman–Crippen MR) is 87.8 cm³/mol. The molecule has 9 nitrogen and oxygen atoms in total. The summed E-state index contributed by atoms with van der Waals surface area (Å²) in [5, 5.41) is 21.0. The second kappa shape index (κ2) is 9.80. The maximum absolute atomic E-state index is 12.6. The standard InChI is InChI=1S/C13H16F3N7.C2HF3O2/c14-13(15,16)9-23-12(19-20-21-23)8-22-6-5-17-7-11(22)10-3-1-2-4-18-10;3-2(4,5)1(6)7/h1-4,11,17H,5-9H2;(H,6,7). The van der Waals surface area contributed by atoms with Crippen LogP contribution in [-0.2, 0) is 17.9 Å². The third kappa shape index (κ3) is 7.22. The molecule has 3 rings (SSSR count). The zero-order valence-electron chi connectivity index (χ0n) is 15.2. The molecular formula is C15H17F6N7O2. The van der Waals surface area contributed by atoms with E-state index in [0.717, 1.165) is 16.9 Å². The van der Waals surface area contributed by atoms with Crippen molar-refractivity contribution >= 4 is 5.97 Å². The highest BCUT2D eigenvalue weighted by molar-refractivity contribution is 5.73. The van der Waals surface area contributed by atoms with E-state index in [1.165, 1.54) is 0 Å². The predicted octanol–water partition coefficient (Wildman–Crippen LogP) is 1.41. The number of aromatic nitrogens is 5. The number of piperazine rings is 1. The van der Waals surface area contributed by atoms with Crippen molar-refractivity contribution in [2.75, 3.05) is 19.6 Å². The Morgan fingerprint density at radius 1 is 1.23 bits per heavy atom. The van der Waals surface area contributed by atoms with E-state index < -0.39 is 24.9 Å². The van der Waals surface area contributed by atoms with E-state index in [-0.39, 0.29) is 18.4 Å². The van der Waals surface area contributed by atoms with Gasteiger partial charge in [0, 0.05) is 25.8 Å². The molecule has 15 heteroatoms.